The predicted octanol–water partition coefficient (Wildman–Crippen LogP) is 3.06. The minimum Gasteiger partial charge on any atom is -0.317 e. The Labute approximate surface area is 93.0 Å². The maximum absolute atomic E-state index is 4.00. The largest absolute Gasteiger partial charge is 0.317 e. The predicted molar refractivity (Wildman–Crippen MR) is 65.7 cm³/mol. The summed E-state index contributed by atoms with van der Waals surface area (Å²) < 4.78 is 0. The van der Waals surface area contributed by atoms with Crippen molar-refractivity contribution < 1.29 is 0 Å². The molecule has 1 spiro atoms. The third-order valence-corrected chi connectivity index (χ3v) is 4.09. The quantitative estimate of drug-likeness (QED) is 0.727. The van der Waals surface area contributed by atoms with Crippen LogP contribution < -0.4 is 5.32 Å². The van der Waals surface area contributed by atoms with Gasteiger partial charge in [0.25, 0.3) is 0 Å². The van der Waals surface area contributed by atoms with Crippen molar-refractivity contribution in [1.29, 1.82) is 0 Å². The lowest BCUT2D eigenvalue weighted by atomic mass is 9.73. The first-order valence-corrected chi connectivity index (χ1v) is 5.94. The number of piperidine rings is 1. The Hall–Kier alpha value is -0.820. The molecule has 15 heavy (non-hydrogen) atoms. The highest BCUT2D eigenvalue weighted by atomic mass is 14.9. The molecule has 0 aromatic carbocycles. The van der Waals surface area contributed by atoms with E-state index in [0.717, 1.165) is 13.1 Å². The van der Waals surface area contributed by atoms with Crippen LogP contribution in [0.15, 0.2) is 36.5 Å². The summed E-state index contributed by atoms with van der Waals surface area (Å²) in [5.41, 5.74) is 3.33. The summed E-state index contributed by atoms with van der Waals surface area (Å²) >= 11 is 0. The van der Waals surface area contributed by atoms with Crippen LogP contribution in [-0.2, 0) is 0 Å². The lowest BCUT2D eigenvalue weighted by Gasteiger charge is -2.36. The lowest BCUT2D eigenvalue weighted by Crippen LogP contribution is -2.36. The van der Waals surface area contributed by atoms with Gasteiger partial charge in [0.05, 0.1) is 0 Å². The van der Waals surface area contributed by atoms with Crippen molar-refractivity contribution in [2.45, 2.75) is 26.2 Å². The van der Waals surface area contributed by atoms with Crippen LogP contribution in [0.25, 0.3) is 0 Å². The SMILES string of the molecule is C=CC1=C(C=C)C2(CCNCC2)CC1C. The highest BCUT2D eigenvalue weighted by Gasteiger charge is 2.42. The minimum atomic E-state index is 0.413. The van der Waals surface area contributed by atoms with Crippen molar-refractivity contribution in [3.63, 3.8) is 0 Å². The van der Waals surface area contributed by atoms with E-state index in [1.165, 1.54) is 30.4 Å². The average molecular weight is 203 g/mol. The Bertz CT molecular complexity index is 305. The third-order valence-electron chi connectivity index (χ3n) is 4.09. The molecule has 0 aromatic rings. The molecule has 0 bridgehead atoms. The summed E-state index contributed by atoms with van der Waals surface area (Å²) in [5, 5.41) is 3.45. The van der Waals surface area contributed by atoms with Gasteiger partial charge in [0.15, 0.2) is 0 Å². The zero-order valence-electron chi connectivity index (χ0n) is 9.68. The fourth-order valence-corrected chi connectivity index (χ4v) is 3.40. The standard InChI is InChI=1S/C14H21N/c1-4-12-11(3)10-14(13(12)5-2)6-8-15-9-7-14/h4-5,11,15H,1-2,6-10H2,3H3. The van der Waals surface area contributed by atoms with Crippen molar-refractivity contribution in [2.24, 2.45) is 11.3 Å². The summed E-state index contributed by atoms with van der Waals surface area (Å²) in [6, 6.07) is 0. The van der Waals surface area contributed by atoms with Crippen LogP contribution in [0.2, 0.25) is 0 Å². The number of nitrogens with one attached hydrogen (secondary N) is 1. The highest BCUT2D eigenvalue weighted by Crippen LogP contribution is 2.52. The molecule has 0 radical (unpaired) electrons. The van der Waals surface area contributed by atoms with E-state index in [9.17, 15) is 0 Å². The molecule has 1 heterocycles. The van der Waals surface area contributed by atoms with Crippen LogP contribution in [0, 0.1) is 11.3 Å². The normalized spacial score (nSPS) is 29.5. The van der Waals surface area contributed by atoms with Gasteiger partial charge >= 0.3 is 0 Å². The number of rotatable bonds is 2. The number of hydrogen-bond acceptors (Lipinski definition) is 1. The minimum absolute atomic E-state index is 0.413. The molecule has 1 fully saturated rings. The van der Waals surface area contributed by atoms with Crippen LogP contribution in [0.4, 0.5) is 0 Å². The second kappa shape index (κ2) is 3.97. The van der Waals surface area contributed by atoms with Crippen LogP contribution in [0.5, 0.6) is 0 Å². The molecule has 2 aliphatic rings. The average Bonchev–Trinajstić information content (AvgIpc) is 2.50. The molecule has 0 aromatic heterocycles. The van der Waals surface area contributed by atoms with Gasteiger partial charge in [-0.1, -0.05) is 32.2 Å². The summed E-state index contributed by atoms with van der Waals surface area (Å²) in [6.07, 6.45) is 7.92. The molecule has 1 saturated heterocycles. The summed E-state index contributed by atoms with van der Waals surface area (Å²) in [5.74, 6) is 0.661. The molecule has 1 aliphatic carbocycles. The van der Waals surface area contributed by atoms with E-state index in [1.54, 1.807) is 0 Å². The van der Waals surface area contributed by atoms with Crippen LogP contribution in [0.1, 0.15) is 26.2 Å². The maximum Gasteiger partial charge on any atom is -0.00146 e. The van der Waals surface area contributed by atoms with Gasteiger partial charge in [-0.25, -0.2) is 0 Å². The lowest BCUT2D eigenvalue weighted by molar-refractivity contribution is 0.241. The van der Waals surface area contributed by atoms with Gasteiger partial charge in [0.1, 0.15) is 0 Å². The molecule has 82 valence electrons. The molecule has 1 heteroatoms. The van der Waals surface area contributed by atoms with E-state index < -0.39 is 0 Å². The fourth-order valence-electron chi connectivity index (χ4n) is 3.40. The Morgan fingerprint density at radius 1 is 1.27 bits per heavy atom. The molecule has 2 rings (SSSR count). The van der Waals surface area contributed by atoms with Crippen LogP contribution in [0.3, 0.4) is 0 Å². The molecule has 0 amide bonds. The highest BCUT2D eigenvalue weighted by molar-refractivity contribution is 5.43. The Morgan fingerprint density at radius 2 is 1.93 bits per heavy atom. The van der Waals surface area contributed by atoms with Gasteiger partial charge < -0.3 is 5.32 Å². The van der Waals surface area contributed by atoms with E-state index in [1.807, 2.05) is 6.08 Å². The third kappa shape index (κ3) is 1.59. The molecular formula is C14H21N. The van der Waals surface area contributed by atoms with Crippen molar-refractivity contribution in [3.05, 3.63) is 36.5 Å². The van der Waals surface area contributed by atoms with Gasteiger partial charge in [-0.2, -0.15) is 0 Å². The molecule has 1 N–H and O–H groups in total. The van der Waals surface area contributed by atoms with Crippen molar-refractivity contribution in [2.75, 3.05) is 13.1 Å². The molecular weight excluding hydrogens is 182 g/mol. The van der Waals surface area contributed by atoms with E-state index in [0.29, 0.717) is 11.3 Å². The van der Waals surface area contributed by atoms with Crippen molar-refractivity contribution >= 4 is 0 Å². The summed E-state index contributed by atoms with van der Waals surface area (Å²) in [7, 11) is 0. The zero-order valence-corrected chi connectivity index (χ0v) is 9.68. The number of allylic oxidation sites excluding steroid dienone is 4. The topological polar surface area (TPSA) is 12.0 Å². The first kappa shape index (κ1) is 10.7. The van der Waals surface area contributed by atoms with Gasteiger partial charge in [0.2, 0.25) is 0 Å². The fraction of sp³-hybridized carbons (Fsp3) is 0.571. The second-order valence-electron chi connectivity index (χ2n) is 4.91. The van der Waals surface area contributed by atoms with Crippen molar-refractivity contribution in [1.82, 2.24) is 5.32 Å². The first-order chi connectivity index (χ1) is 7.23. The van der Waals surface area contributed by atoms with Gasteiger partial charge in [-0.3, -0.25) is 0 Å². The Balaban J connectivity index is 2.38. The van der Waals surface area contributed by atoms with Crippen molar-refractivity contribution in [3.8, 4) is 0 Å². The molecule has 1 aliphatic heterocycles. The van der Waals surface area contributed by atoms with E-state index >= 15 is 0 Å². The molecule has 1 nitrogen and oxygen atoms in total. The van der Waals surface area contributed by atoms with Crippen LogP contribution in [-0.4, -0.2) is 13.1 Å². The Morgan fingerprint density at radius 3 is 2.47 bits per heavy atom. The summed E-state index contributed by atoms with van der Waals surface area (Å²) in [6.45, 7) is 12.6. The van der Waals surface area contributed by atoms with E-state index in [-0.39, 0.29) is 0 Å². The smallest absolute Gasteiger partial charge is 0.00146 e. The summed E-state index contributed by atoms with van der Waals surface area (Å²) in [4.78, 5) is 0. The molecule has 1 unspecified atom stereocenters. The monoisotopic (exact) mass is 203 g/mol. The van der Waals surface area contributed by atoms with E-state index in [2.05, 4.69) is 31.5 Å². The van der Waals surface area contributed by atoms with E-state index in [4.69, 9.17) is 0 Å². The molecule has 0 saturated carbocycles. The Kier molecular flexibility index (Phi) is 2.83. The first-order valence-electron chi connectivity index (χ1n) is 5.94. The number of hydrogen-bond donors (Lipinski definition) is 1. The van der Waals surface area contributed by atoms with Gasteiger partial charge in [-0.15, -0.1) is 0 Å². The maximum atomic E-state index is 4.00. The molecule has 1 atom stereocenters. The van der Waals surface area contributed by atoms with Crippen LogP contribution >= 0.6 is 0 Å². The van der Waals surface area contributed by atoms with Gasteiger partial charge in [0, 0.05) is 0 Å². The second-order valence-corrected chi connectivity index (χ2v) is 4.91. The zero-order chi connectivity index (χ0) is 10.9. The van der Waals surface area contributed by atoms with Gasteiger partial charge in [-0.05, 0) is 54.8 Å².